The smallest absolute Gasteiger partial charge is 0.289 e. The van der Waals surface area contributed by atoms with E-state index in [0.717, 1.165) is 4.31 Å². The van der Waals surface area contributed by atoms with Crippen molar-refractivity contribution >= 4 is 21.8 Å². The Labute approximate surface area is 182 Å². The standard InChI is InChI=1S/C21H28N4O5S/c1-16-8-9-18(30-16)21(27)25-12-10-24(11-13-25)15-20(26)22-14-17-6-4-5-7-19(17)31(28,29)23(2)3/h4-9H,10-15H2,1-3H3,(H,22,26). The highest BCUT2D eigenvalue weighted by molar-refractivity contribution is 7.89. The van der Waals surface area contributed by atoms with Crippen LogP contribution in [0.4, 0.5) is 0 Å². The summed E-state index contributed by atoms with van der Waals surface area (Å²) >= 11 is 0. The Morgan fingerprint density at radius 3 is 2.35 bits per heavy atom. The van der Waals surface area contributed by atoms with E-state index in [2.05, 4.69) is 5.32 Å². The van der Waals surface area contributed by atoms with Crippen LogP contribution in [0.15, 0.2) is 45.7 Å². The van der Waals surface area contributed by atoms with Crippen molar-refractivity contribution in [3.63, 3.8) is 0 Å². The summed E-state index contributed by atoms with van der Waals surface area (Å²) in [6.45, 7) is 4.27. The minimum Gasteiger partial charge on any atom is -0.456 e. The van der Waals surface area contributed by atoms with Crippen molar-refractivity contribution in [2.24, 2.45) is 0 Å². The Hall–Kier alpha value is -2.69. The van der Waals surface area contributed by atoms with Crippen molar-refractivity contribution in [3.05, 3.63) is 53.5 Å². The number of hydrogen-bond acceptors (Lipinski definition) is 6. The van der Waals surface area contributed by atoms with Crippen LogP contribution in [0.25, 0.3) is 0 Å². The monoisotopic (exact) mass is 448 g/mol. The lowest BCUT2D eigenvalue weighted by Gasteiger charge is -2.33. The number of nitrogens with zero attached hydrogens (tertiary/aromatic N) is 3. The van der Waals surface area contributed by atoms with Crippen molar-refractivity contribution in [1.29, 1.82) is 0 Å². The number of aryl methyl sites for hydroxylation is 1. The van der Waals surface area contributed by atoms with Crippen LogP contribution >= 0.6 is 0 Å². The summed E-state index contributed by atoms with van der Waals surface area (Å²) in [5.41, 5.74) is 0.536. The van der Waals surface area contributed by atoms with Crippen LogP contribution in [-0.2, 0) is 21.4 Å². The van der Waals surface area contributed by atoms with Crippen molar-refractivity contribution in [1.82, 2.24) is 19.4 Å². The van der Waals surface area contributed by atoms with Crippen LogP contribution in [0.1, 0.15) is 21.9 Å². The normalized spacial score (nSPS) is 15.3. The van der Waals surface area contributed by atoms with Gasteiger partial charge in [-0.25, -0.2) is 12.7 Å². The molecule has 0 unspecified atom stereocenters. The van der Waals surface area contributed by atoms with Crippen LogP contribution in [0.2, 0.25) is 0 Å². The maximum absolute atomic E-state index is 12.5. The minimum atomic E-state index is -3.59. The molecular weight excluding hydrogens is 420 g/mol. The van der Waals surface area contributed by atoms with E-state index in [1.165, 1.54) is 20.2 Å². The zero-order valence-electron chi connectivity index (χ0n) is 18.0. The van der Waals surface area contributed by atoms with E-state index in [4.69, 9.17) is 4.42 Å². The number of amides is 2. The van der Waals surface area contributed by atoms with E-state index in [0.29, 0.717) is 43.3 Å². The lowest BCUT2D eigenvalue weighted by molar-refractivity contribution is -0.122. The first-order chi connectivity index (χ1) is 14.7. The Morgan fingerprint density at radius 1 is 1.06 bits per heavy atom. The van der Waals surface area contributed by atoms with Crippen LogP contribution in [0.5, 0.6) is 0 Å². The summed E-state index contributed by atoms with van der Waals surface area (Å²) in [4.78, 5) is 28.7. The zero-order valence-corrected chi connectivity index (χ0v) is 18.8. The molecule has 1 fully saturated rings. The van der Waals surface area contributed by atoms with Gasteiger partial charge in [0.25, 0.3) is 5.91 Å². The average molecular weight is 449 g/mol. The van der Waals surface area contributed by atoms with Crippen molar-refractivity contribution in [2.75, 3.05) is 46.8 Å². The van der Waals surface area contributed by atoms with Crippen LogP contribution in [0.3, 0.4) is 0 Å². The second kappa shape index (κ2) is 9.63. The molecule has 1 aliphatic rings. The molecule has 1 N–H and O–H groups in total. The van der Waals surface area contributed by atoms with Gasteiger partial charge in [-0.15, -0.1) is 0 Å². The average Bonchev–Trinajstić information content (AvgIpc) is 3.18. The molecule has 0 radical (unpaired) electrons. The second-order valence-corrected chi connectivity index (χ2v) is 9.77. The Bertz CT molecular complexity index is 1040. The van der Waals surface area contributed by atoms with Gasteiger partial charge in [0, 0.05) is 46.8 Å². The van der Waals surface area contributed by atoms with E-state index < -0.39 is 10.0 Å². The van der Waals surface area contributed by atoms with Gasteiger partial charge in [-0.1, -0.05) is 18.2 Å². The van der Waals surface area contributed by atoms with Gasteiger partial charge in [0.1, 0.15) is 5.76 Å². The van der Waals surface area contributed by atoms with E-state index in [1.807, 2.05) is 4.90 Å². The van der Waals surface area contributed by atoms with E-state index in [-0.39, 0.29) is 29.8 Å². The fraction of sp³-hybridized carbons (Fsp3) is 0.429. The lowest BCUT2D eigenvalue weighted by Crippen LogP contribution is -2.51. The molecule has 1 aliphatic heterocycles. The molecule has 0 saturated carbocycles. The summed E-state index contributed by atoms with van der Waals surface area (Å²) in [6, 6.07) is 10.1. The summed E-state index contributed by atoms with van der Waals surface area (Å²) in [5.74, 6) is 0.683. The number of carbonyl (C=O) groups excluding carboxylic acids is 2. The van der Waals surface area contributed by atoms with Gasteiger partial charge in [0.05, 0.1) is 11.4 Å². The summed E-state index contributed by atoms with van der Waals surface area (Å²) in [6.07, 6.45) is 0. The first-order valence-corrected chi connectivity index (χ1v) is 11.5. The molecule has 10 heteroatoms. The number of furan rings is 1. The number of rotatable bonds is 7. The molecule has 0 atom stereocenters. The molecule has 0 spiro atoms. The number of nitrogens with one attached hydrogen (secondary N) is 1. The third-order valence-corrected chi connectivity index (χ3v) is 7.10. The molecule has 168 valence electrons. The van der Waals surface area contributed by atoms with Gasteiger partial charge >= 0.3 is 0 Å². The largest absolute Gasteiger partial charge is 0.456 e. The van der Waals surface area contributed by atoms with Crippen molar-refractivity contribution in [3.8, 4) is 0 Å². The minimum absolute atomic E-state index is 0.123. The predicted octanol–water partition coefficient (Wildman–Crippen LogP) is 0.913. The third-order valence-electron chi connectivity index (χ3n) is 5.19. The summed E-state index contributed by atoms with van der Waals surface area (Å²) in [7, 11) is -0.643. The number of piperazine rings is 1. The Balaban J connectivity index is 1.50. The number of hydrogen-bond donors (Lipinski definition) is 1. The Kier molecular flexibility index (Phi) is 7.14. The molecule has 0 bridgehead atoms. The highest BCUT2D eigenvalue weighted by Crippen LogP contribution is 2.18. The topological polar surface area (TPSA) is 103 Å². The number of carbonyl (C=O) groups is 2. The molecule has 9 nitrogen and oxygen atoms in total. The van der Waals surface area contributed by atoms with Gasteiger partial charge in [-0.05, 0) is 30.7 Å². The highest BCUT2D eigenvalue weighted by atomic mass is 32.2. The van der Waals surface area contributed by atoms with E-state index in [9.17, 15) is 18.0 Å². The quantitative estimate of drug-likeness (QED) is 0.676. The van der Waals surface area contributed by atoms with Crippen LogP contribution in [0, 0.1) is 6.92 Å². The molecule has 3 rings (SSSR count). The fourth-order valence-corrected chi connectivity index (χ4v) is 4.48. The first kappa shape index (κ1) is 23.0. The molecule has 1 aromatic heterocycles. The number of sulfonamides is 1. The maximum atomic E-state index is 12.5. The van der Waals surface area contributed by atoms with E-state index >= 15 is 0 Å². The molecule has 2 heterocycles. The van der Waals surface area contributed by atoms with Gasteiger partial charge in [-0.2, -0.15) is 0 Å². The van der Waals surface area contributed by atoms with Crippen molar-refractivity contribution < 1.29 is 22.4 Å². The van der Waals surface area contributed by atoms with Crippen molar-refractivity contribution in [2.45, 2.75) is 18.4 Å². The number of benzene rings is 1. The van der Waals surface area contributed by atoms with Crippen LogP contribution < -0.4 is 5.32 Å². The lowest BCUT2D eigenvalue weighted by atomic mass is 10.2. The molecular formula is C21H28N4O5S. The fourth-order valence-electron chi connectivity index (χ4n) is 3.37. The highest BCUT2D eigenvalue weighted by Gasteiger charge is 2.25. The SMILES string of the molecule is Cc1ccc(C(=O)N2CCN(CC(=O)NCc3ccccc3S(=O)(=O)N(C)C)CC2)o1. The van der Waals surface area contributed by atoms with Gasteiger partial charge in [0.2, 0.25) is 15.9 Å². The molecule has 2 aromatic rings. The molecule has 1 saturated heterocycles. The molecule has 1 aromatic carbocycles. The summed E-state index contributed by atoms with van der Waals surface area (Å²) < 4.78 is 31.5. The molecule has 0 aliphatic carbocycles. The van der Waals surface area contributed by atoms with Gasteiger partial charge in [0.15, 0.2) is 5.76 Å². The summed E-state index contributed by atoms with van der Waals surface area (Å²) in [5, 5.41) is 2.80. The predicted molar refractivity (Wildman–Crippen MR) is 115 cm³/mol. The zero-order chi connectivity index (χ0) is 22.6. The van der Waals surface area contributed by atoms with E-state index in [1.54, 1.807) is 42.2 Å². The third kappa shape index (κ3) is 5.52. The van der Waals surface area contributed by atoms with Gasteiger partial charge < -0.3 is 14.6 Å². The Morgan fingerprint density at radius 2 is 1.74 bits per heavy atom. The van der Waals surface area contributed by atoms with Gasteiger partial charge in [-0.3, -0.25) is 14.5 Å². The first-order valence-electron chi connectivity index (χ1n) is 10.0. The second-order valence-electron chi connectivity index (χ2n) is 7.65. The maximum Gasteiger partial charge on any atom is 0.289 e. The molecule has 2 amide bonds. The molecule has 31 heavy (non-hydrogen) atoms. The van der Waals surface area contributed by atoms with Crippen LogP contribution in [-0.4, -0.2) is 81.2 Å².